The minimum absolute atomic E-state index is 0.384. The van der Waals surface area contributed by atoms with E-state index in [1.54, 1.807) is 38.1 Å². The number of aliphatic hydroxyl groups is 2. The molecule has 2 aromatic carbocycles. The molecule has 2 aromatic rings. The Bertz CT molecular complexity index is 682. The smallest absolute Gasteiger partial charge is 0.164 e. The number of rotatable bonds is 6. The lowest BCUT2D eigenvalue weighted by Crippen LogP contribution is -2.44. The van der Waals surface area contributed by atoms with Gasteiger partial charge in [-0.25, -0.2) is 0 Å². The highest BCUT2D eigenvalue weighted by molar-refractivity contribution is 5.40. The van der Waals surface area contributed by atoms with E-state index in [1.807, 2.05) is 24.3 Å². The van der Waals surface area contributed by atoms with Crippen molar-refractivity contribution in [3.63, 3.8) is 0 Å². The molecule has 1 heterocycles. The van der Waals surface area contributed by atoms with E-state index in [1.165, 1.54) is 0 Å². The fraction of sp³-hybridized carbons (Fsp3) is 0.429. The largest absolute Gasteiger partial charge is 0.399 e. The predicted octanol–water partition coefficient (Wildman–Crippen LogP) is 1.88. The van der Waals surface area contributed by atoms with Crippen molar-refractivity contribution in [1.82, 2.24) is 0 Å². The highest BCUT2D eigenvalue weighted by atomic mass is 16.8. The molecule has 3 rings (SSSR count). The van der Waals surface area contributed by atoms with E-state index in [0.29, 0.717) is 24.2 Å². The maximum Gasteiger partial charge on any atom is 0.164 e. The van der Waals surface area contributed by atoms with Crippen molar-refractivity contribution >= 4 is 11.4 Å². The van der Waals surface area contributed by atoms with Crippen LogP contribution in [0.1, 0.15) is 25.0 Å². The molecule has 6 heteroatoms. The predicted molar refractivity (Wildman–Crippen MR) is 105 cm³/mol. The van der Waals surface area contributed by atoms with Gasteiger partial charge in [0.15, 0.2) is 5.79 Å². The monoisotopic (exact) mass is 372 g/mol. The quantitative estimate of drug-likeness (QED) is 0.576. The Morgan fingerprint density at radius 2 is 1.11 bits per heavy atom. The van der Waals surface area contributed by atoms with Crippen LogP contribution >= 0.6 is 0 Å². The first-order valence-corrected chi connectivity index (χ1v) is 9.14. The molecule has 0 aromatic heterocycles. The van der Waals surface area contributed by atoms with Gasteiger partial charge in [0, 0.05) is 24.2 Å². The zero-order valence-electron chi connectivity index (χ0n) is 15.7. The first kappa shape index (κ1) is 19.6. The zero-order valence-corrected chi connectivity index (χ0v) is 15.7. The zero-order chi connectivity index (χ0) is 19.6. The van der Waals surface area contributed by atoms with Crippen LogP contribution in [0.4, 0.5) is 11.4 Å². The number of nitrogen functional groups attached to an aromatic ring is 2. The Balaban J connectivity index is 1.71. The summed E-state index contributed by atoms with van der Waals surface area (Å²) in [5.74, 6) is -0.875. The topological polar surface area (TPSA) is 111 Å². The van der Waals surface area contributed by atoms with Crippen molar-refractivity contribution in [3.05, 3.63) is 59.7 Å². The van der Waals surface area contributed by atoms with Crippen molar-refractivity contribution in [2.45, 2.75) is 56.9 Å². The minimum atomic E-state index is -0.875. The number of hydrogen-bond donors (Lipinski definition) is 4. The van der Waals surface area contributed by atoms with Gasteiger partial charge in [0.2, 0.25) is 0 Å². The van der Waals surface area contributed by atoms with Crippen LogP contribution in [0.5, 0.6) is 0 Å². The minimum Gasteiger partial charge on any atom is -0.399 e. The van der Waals surface area contributed by atoms with Crippen LogP contribution in [0.3, 0.4) is 0 Å². The molecule has 0 unspecified atom stereocenters. The van der Waals surface area contributed by atoms with E-state index in [0.717, 1.165) is 11.1 Å². The summed E-state index contributed by atoms with van der Waals surface area (Å²) in [7, 11) is 0. The molecule has 1 fully saturated rings. The van der Waals surface area contributed by atoms with Crippen LogP contribution in [0, 0.1) is 0 Å². The summed E-state index contributed by atoms with van der Waals surface area (Å²) in [5, 5.41) is 21.5. The van der Waals surface area contributed by atoms with Gasteiger partial charge in [-0.2, -0.15) is 0 Å². The Morgan fingerprint density at radius 3 is 1.44 bits per heavy atom. The third-order valence-electron chi connectivity index (χ3n) is 4.77. The Kier molecular flexibility index (Phi) is 5.72. The Morgan fingerprint density at radius 1 is 0.778 bits per heavy atom. The summed E-state index contributed by atoms with van der Waals surface area (Å²) in [6.07, 6.45) is -2.14. The van der Waals surface area contributed by atoms with Crippen LogP contribution in [0.2, 0.25) is 0 Å². The number of aliphatic hydroxyl groups excluding tert-OH is 2. The molecular formula is C21H28N2O4. The van der Waals surface area contributed by atoms with Crippen LogP contribution in [-0.4, -0.2) is 40.4 Å². The van der Waals surface area contributed by atoms with Crippen LogP contribution in [0.15, 0.2) is 48.5 Å². The lowest BCUT2D eigenvalue weighted by atomic mass is 9.94. The van der Waals surface area contributed by atoms with Gasteiger partial charge in [-0.05, 0) is 49.2 Å². The van der Waals surface area contributed by atoms with Gasteiger partial charge in [0.05, 0.1) is 12.2 Å². The number of anilines is 2. The van der Waals surface area contributed by atoms with E-state index in [9.17, 15) is 10.2 Å². The SMILES string of the molecule is CC1(C)O[C@@H]([C@@H](O)Cc2ccc(N)cc2)[C@H]([C@@H](O)Cc2ccc(N)cc2)O1. The fourth-order valence-corrected chi connectivity index (χ4v) is 3.44. The maximum atomic E-state index is 10.8. The fourth-order valence-electron chi connectivity index (χ4n) is 3.44. The van der Waals surface area contributed by atoms with Crippen LogP contribution in [-0.2, 0) is 22.3 Å². The third kappa shape index (κ3) is 4.99. The molecule has 146 valence electrons. The maximum absolute atomic E-state index is 10.8. The summed E-state index contributed by atoms with van der Waals surface area (Å²) >= 11 is 0. The van der Waals surface area contributed by atoms with Gasteiger partial charge in [-0.1, -0.05) is 24.3 Å². The van der Waals surface area contributed by atoms with E-state index in [-0.39, 0.29) is 0 Å². The van der Waals surface area contributed by atoms with Crippen molar-refractivity contribution in [2.75, 3.05) is 11.5 Å². The van der Waals surface area contributed by atoms with Crippen molar-refractivity contribution in [1.29, 1.82) is 0 Å². The highest BCUT2D eigenvalue weighted by Crippen LogP contribution is 2.33. The summed E-state index contributed by atoms with van der Waals surface area (Å²) in [5.41, 5.74) is 14.7. The normalized spacial score (nSPS) is 23.9. The molecule has 1 aliphatic heterocycles. The van der Waals surface area contributed by atoms with Gasteiger partial charge in [-0.15, -0.1) is 0 Å². The van der Waals surface area contributed by atoms with Crippen LogP contribution < -0.4 is 11.5 Å². The van der Waals surface area contributed by atoms with Crippen molar-refractivity contribution in [3.8, 4) is 0 Å². The first-order valence-electron chi connectivity index (χ1n) is 9.14. The molecule has 0 amide bonds. The molecule has 0 radical (unpaired) electrons. The third-order valence-corrected chi connectivity index (χ3v) is 4.77. The van der Waals surface area contributed by atoms with Gasteiger partial charge < -0.3 is 31.2 Å². The summed E-state index contributed by atoms with van der Waals surface area (Å²) in [6.45, 7) is 3.57. The standard InChI is InChI=1S/C21H28N2O4/c1-21(2)26-19(17(24)11-13-3-7-15(22)8-4-13)20(27-21)18(25)12-14-5-9-16(23)10-6-14/h3-10,17-20,24-25H,11-12,22-23H2,1-2H3/t17-,18-,19-,20-/m0/s1. The number of benzene rings is 2. The second-order valence-electron chi connectivity index (χ2n) is 7.59. The first-order chi connectivity index (χ1) is 12.7. The molecule has 1 aliphatic rings. The molecule has 0 spiro atoms. The lowest BCUT2D eigenvalue weighted by molar-refractivity contribution is -0.160. The molecule has 6 nitrogen and oxygen atoms in total. The van der Waals surface area contributed by atoms with E-state index >= 15 is 0 Å². The van der Waals surface area contributed by atoms with Crippen molar-refractivity contribution in [2.24, 2.45) is 0 Å². The molecule has 0 bridgehead atoms. The van der Waals surface area contributed by atoms with Gasteiger partial charge in [0.1, 0.15) is 12.2 Å². The van der Waals surface area contributed by atoms with Crippen LogP contribution in [0.25, 0.3) is 0 Å². The summed E-state index contributed by atoms with van der Waals surface area (Å²) < 4.78 is 11.8. The van der Waals surface area contributed by atoms with E-state index in [4.69, 9.17) is 20.9 Å². The molecule has 27 heavy (non-hydrogen) atoms. The highest BCUT2D eigenvalue weighted by Gasteiger charge is 2.47. The van der Waals surface area contributed by atoms with E-state index in [2.05, 4.69) is 0 Å². The average molecular weight is 372 g/mol. The van der Waals surface area contributed by atoms with Gasteiger partial charge in [-0.3, -0.25) is 0 Å². The molecular weight excluding hydrogens is 344 g/mol. The number of nitrogens with two attached hydrogens (primary N) is 2. The average Bonchev–Trinajstić information content (AvgIpc) is 2.95. The second kappa shape index (κ2) is 7.86. The summed E-state index contributed by atoms with van der Waals surface area (Å²) in [6, 6.07) is 14.7. The second-order valence-corrected chi connectivity index (χ2v) is 7.59. The molecule has 1 saturated heterocycles. The molecule has 6 N–H and O–H groups in total. The van der Waals surface area contributed by atoms with Crippen molar-refractivity contribution < 1.29 is 19.7 Å². The Hall–Kier alpha value is -2.12. The molecule has 4 atom stereocenters. The molecule has 0 aliphatic carbocycles. The summed E-state index contributed by atoms with van der Waals surface area (Å²) in [4.78, 5) is 0. The lowest BCUT2D eigenvalue weighted by Gasteiger charge is -2.26. The van der Waals surface area contributed by atoms with Gasteiger partial charge in [0.25, 0.3) is 0 Å². The number of ether oxygens (including phenoxy) is 2. The Labute approximate surface area is 159 Å². The van der Waals surface area contributed by atoms with E-state index < -0.39 is 30.2 Å². The van der Waals surface area contributed by atoms with Gasteiger partial charge >= 0.3 is 0 Å². The molecule has 0 saturated carbocycles. The number of hydrogen-bond acceptors (Lipinski definition) is 6.